The van der Waals surface area contributed by atoms with E-state index in [2.05, 4.69) is 27.9 Å². The molecule has 0 aliphatic carbocycles. The third-order valence-corrected chi connectivity index (χ3v) is 4.65. The summed E-state index contributed by atoms with van der Waals surface area (Å²) in [5.41, 5.74) is 3.16. The minimum Gasteiger partial charge on any atom is -0.378 e. The van der Waals surface area contributed by atoms with Crippen LogP contribution in [0.1, 0.15) is 17.5 Å². The average molecular weight is 406 g/mol. The molecule has 7 nitrogen and oxygen atoms in total. The Bertz CT molecular complexity index is 965. The number of benzene rings is 2. The van der Waals surface area contributed by atoms with E-state index in [1.165, 1.54) is 0 Å². The lowest BCUT2D eigenvalue weighted by Crippen LogP contribution is -2.29. The van der Waals surface area contributed by atoms with Gasteiger partial charge in [-0.1, -0.05) is 42.5 Å². The van der Waals surface area contributed by atoms with Crippen LogP contribution in [0.15, 0.2) is 66.9 Å². The third-order valence-electron chi connectivity index (χ3n) is 4.65. The van der Waals surface area contributed by atoms with Crippen molar-refractivity contribution in [3.05, 3.63) is 78.0 Å². The van der Waals surface area contributed by atoms with Crippen LogP contribution in [0.5, 0.6) is 0 Å². The van der Waals surface area contributed by atoms with E-state index in [-0.39, 0.29) is 24.8 Å². The van der Waals surface area contributed by atoms with E-state index in [0.717, 1.165) is 16.8 Å². The van der Waals surface area contributed by atoms with Gasteiger partial charge in [-0.15, -0.1) is 0 Å². The molecule has 2 amide bonds. The Morgan fingerprint density at radius 1 is 0.933 bits per heavy atom. The van der Waals surface area contributed by atoms with Crippen LogP contribution in [0.3, 0.4) is 0 Å². The minimum absolute atomic E-state index is 0.0970. The second-order valence-corrected chi connectivity index (χ2v) is 7.25. The number of carbonyl (C=O) groups excluding carboxylic acids is 2. The number of carbonyl (C=O) groups is 2. The van der Waals surface area contributed by atoms with Crippen LogP contribution < -0.4 is 15.5 Å². The lowest BCUT2D eigenvalue weighted by molar-refractivity contribution is -0.120. The van der Waals surface area contributed by atoms with Gasteiger partial charge in [-0.05, 0) is 23.3 Å². The van der Waals surface area contributed by atoms with Gasteiger partial charge in [-0.25, -0.2) is 4.68 Å². The molecule has 0 bridgehead atoms. The first-order valence-electron chi connectivity index (χ1n) is 9.90. The van der Waals surface area contributed by atoms with Crippen molar-refractivity contribution >= 4 is 23.3 Å². The second kappa shape index (κ2) is 10.2. The van der Waals surface area contributed by atoms with Gasteiger partial charge in [0.1, 0.15) is 5.82 Å². The van der Waals surface area contributed by atoms with E-state index in [4.69, 9.17) is 0 Å². The number of aromatic nitrogens is 2. The SMILES string of the molecule is CN(C)c1ccc(Cn2nccc2NC(=O)CCNC(=O)Cc2ccccc2)cc1. The molecule has 30 heavy (non-hydrogen) atoms. The summed E-state index contributed by atoms with van der Waals surface area (Å²) >= 11 is 0. The first kappa shape index (κ1) is 21.1. The Labute approximate surface area is 176 Å². The van der Waals surface area contributed by atoms with Crippen LogP contribution in [-0.4, -0.2) is 42.2 Å². The molecule has 156 valence electrons. The molecule has 0 saturated heterocycles. The summed E-state index contributed by atoms with van der Waals surface area (Å²) < 4.78 is 1.75. The molecule has 0 saturated carbocycles. The fourth-order valence-corrected chi connectivity index (χ4v) is 3.00. The topological polar surface area (TPSA) is 79.3 Å². The molecule has 0 spiro atoms. The van der Waals surface area contributed by atoms with Gasteiger partial charge in [0.25, 0.3) is 0 Å². The predicted molar refractivity (Wildman–Crippen MR) is 119 cm³/mol. The summed E-state index contributed by atoms with van der Waals surface area (Å²) in [5, 5.41) is 9.95. The maximum Gasteiger partial charge on any atom is 0.227 e. The molecule has 0 aliphatic heterocycles. The van der Waals surface area contributed by atoms with Crippen molar-refractivity contribution in [3.8, 4) is 0 Å². The van der Waals surface area contributed by atoms with Crippen LogP contribution in [-0.2, 0) is 22.6 Å². The van der Waals surface area contributed by atoms with Gasteiger partial charge < -0.3 is 15.5 Å². The van der Waals surface area contributed by atoms with Crippen molar-refractivity contribution in [2.24, 2.45) is 0 Å². The normalized spacial score (nSPS) is 10.5. The van der Waals surface area contributed by atoms with Crippen molar-refractivity contribution in [1.82, 2.24) is 15.1 Å². The van der Waals surface area contributed by atoms with Gasteiger partial charge in [0.2, 0.25) is 11.8 Å². The zero-order valence-electron chi connectivity index (χ0n) is 17.3. The lowest BCUT2D eigenvalue weighted by Gasteiger charge is -2.13. The zero-order valence-corrected chi connectivity index (χ0v) is 17.3. The number of amides is 2. The van der Waals surface area contributed by atoms with Crippen molar-refractivity contribution in [3.63, 3.8) is 0 Å². The largest absolute Gasteiger partial charge is 0.378 e. The Morgan fingerprint density at radius 3 is 2.37 bits per heavy atom. The average Bonchev–Trinajstić information content (AvgIpc) is 3.15. The molecule has 0 radical (unpaired) electrons. The van der Waals surface area contributed by atoms with E-state index in [1.807, 2.05) is 61.5 Å². The number of hydrogen-bond donors (Lipinski definition) is 2. The standard InChI is InChI=1S/C23H27N5O2/c1-27(2)20-10-8-19(9-11-20)17-28-21(12-15-25-28)26-22(29)13-14-24-23(30)16-18-6-4-3-5-7-18/h3-12,15H,13-14,16-17H2,1-2H3,(H,24,30)(H,26,29). The molecule has 7 heteroatoms. The number of nitrogens with one attached hydrogen (secondary N) is 2. The molecule has 2 aromatic carbocycles. The predicted octanol–water partition coefficient (Wildman–Crippen LogP) is 2.68. The van der Waals surface area contributed by atoms with Crippen molar-refractivity contribution in [2.75, 3.05) is 30.9 Å². The van der Waals surface area contributed by atoms with E-state index < -0.39 is 0 Å². The number of nitrogens with zero attached hydrogens (tertiary/aromatic N) is 3. The molecular formula is C23H27N5O2. The maximum atomic E-state index is 12.3. The summed E-state index contributed by atoms with van der Waals surface area (Å²) in [6.07, 6.45) is 2.16. The molecule has 0 unspecified atom stereocenters. The Hall–Kier alpha value is -3.61. The van der Waals surface area contributed by atoms with E-state index in [1.54, 1.807) is 16.9 Å². The zero-order chi connectivity index (χ0) is 21.3. The first-order chi connectivity index (χ1) is 14.5. The lowest BCUT2D eigenvalue weighted by atomic mass is 10.1. The van der Waals surface area contributed by atoms with E-state index >= 15 is 0 Å². The van der Waals surface area contributed by atoms with Crippen LogP contribution in [0.25, 0.3) is 0 Å². The molecule has 0 atom stereocenters. The van der Waals surface area contributed by atoms with Crippen LogP contribution in [0.2, 0.25) is 0 Å². The highest BCUT2D eigenvalue weighted by Crippen LogP contribution is 2.15. The quantitative estimate of drug-likeness (QED) is 0.574. The van der Waals surface area contributed by atoms with Crippen LogP contribution >= 0.6 is 0 Å². The van der Waals surface area contributed by atoms with Gasteiger partial charge in [-0.3, -0.25) is 9.59 Å². The highest BCUT2D eigenvalue weighted by molar-refractivity contribution is 5.90. The number of anilines is 2. The molecule has 0 fully saturated rings. The smallest absolute Gasteiger partial charge is 0.227 e. The minimum atomic E-state index is -0.167. The fraction of sp³-hybridized carbons (Fsp3) is 0.261. The van der Waals surface area contributed by atoms with Crippen LogP contribution in [0, 0.1) is 0 Å². The van der Waals surface area contributed by atoms with E-state index in [9.17, 15) is 9.59 Å². The summed E-state index contributed by atoms with van der Waals surface area (Å²) in [5.74, 6) is 0.368. The monoisotopic (exact) mass is 405 g/mol. The van der Waals surface area contributed by atoms with Crippen LogP contribution in [0.4, 0.5) is 11.5 Å². The molecule has 3 aromatic rings. The Kier molecular flexibility index (Phi) is 7.21. The molecule has 0 aliphatic rings. The third kappa shape index (κ3) is 6.20. The fourth-order valence-electron chi connectivity index (χ4n) is 3.00. The molecule has 2 N–H and O–H groups in total. The Balaban J connectivity index is 1.45. The molecule has 1 heterocycles. The van der Waals surface area contributed by atoms with Gasteiger partial charge in [0.15, 0.2) is 0 Å². The summed E-state index contributed by atoms with van der Waals surface area (Å²) in [6, 6.07) is 19.5. The maximum absolute atomic E-state index is 12.3. The summed E-state index contributed by atoms with van der Waals surface area (Å²) in [4.78, 5) is 26.3. The first-order valence-corrected chi connectivity index (χ1v) is 9.90. The van der Waals surface area contributed by atoms with Gasteiger partial charge in [-0.2, -0.15) is 5.10 Å². The molecule has 3 rings (SSSR count). The summed E-state index contributed by atoms with van der Waals surface area (Å²) in [6.45, 7) is 0.849. The number of rotatable bonds is 9. The van der Waals surface area contributed by atoms with Crippen molar-refractivity contribution < 1.29 is 9.59 Å². The molecule has 1 aromatic heterocycles. The van der Waals surface area contributed by atoms with E-state index in [0.29, 0.717) is 18.8 Å². The number of hydrogen-bond acceptors (Lipinski definition) is 4. The van der Waals surface area contributed by atoms with Gasteiger partial charge >= 0.3 is 0 Å². The summed E-state index contributed by atoms with van der Waals surface area (Å²) in [7, 11) is 4.00. The van der Waals surface area contributed by atoms with Gasteiger partial charge in [0.05, 0.1) is 19.2 Å². The van der Waals surface area contributed by atoms with Crippen molar-refractivity contribution in [2.45, 2.75) is 19.4 Å². The second-order valence-electron chi connectivity index (χ2n) is 7.25. The highest BCUT2D eigenvalue weighted by Gasteiger charge is 2.09. The highest BCUT2D eigenvalue weighted by atomic mass is 16.2. The van der Waals surface area contributed by atoms with Gasteiger partial charge in [0, 0.05) is 38.8 Å². The van der Waals surface area contributed by atoms with Crippen molar-refractivity contribution in [1.29, 1.82) is 0 Å². The molecular weight excluding hydrogens is 378 g/mol. The Morgan fingerprint density at radius 2 is 1.67 bits per heavy atom.